The van der Waals surface area contributed by atoms with Crippen molar-refractivity contribution in [2.45, 2.75) is 6.61 Å². The summed E-state index contributed by atoms with van der Waals surface area (Å²) in [4.78, 5) is 12.2. The van der Waals surface area contributed by atoms with Crippen molar-refractivity contribution in [1.29, 1.82) is 0 Å². The Morgan fingerprint density at radius 2 is 1.77 bits per heavy atom. The van der Waals surface area contributed by atoms with Crippen LogP contribution in [0.15, 0.2) is 52.9 Å². The molecule has 0 fully saturated rings. The van der Waals surface area contributed by atoms with Gasteiger partial charge in [-0.1, -0.05) is 23.2 Å². The van der Waals surface area contributed by atoms with Crippen LogP contribution in [0, 0.1) is 5.82 Å². The van der Waals surface area contributed by atoms with Crippen LogP contribution in [0.25, 0.3) is 0 Å². The largest absolute Gasteiger partial charge is 0.486 e. The maximum absolute atomic E-state index is 12.9. The Morgan fingerprint density at radius 1 is 1.12 bits per heavy atom. The normalized spacial score (nSPS) is 10.6. The first-order chi connectivity index (χ1) is 12.4. The van der Waals surface area contributed by atoms with Gasteiger partial charge in [-0.15, -0.1) is 0 Å². The molecule has 3 N–H and O–H groups in total. The van der Waals surface area contributed by atoms with Gasteiger partial charge in [0, 0.05) is 5.69 Å². The van der Waals surface area contributed by atoms with Crippen LogP contribution < -0.4 is 15.8 Å². The second kappa shape index (κ2) is 7.68. The highest BCUT2D eigenvalue weighted by atomic mass is 35.5. The zero-order valence-corrected chi connectivity index (χ0v) is 14.8. The van der Waals surface area contributed by atoms with E-state index in [9.17, 15) is 9.18 Å². The summed E-state index contributed by atoms with van der Waals surface area (Å²) >= 11 is 11.9. The third-order valence-corrected chi connectivity index (χ3v) is 4.04. The predicted molar refractivity (Wildman–Crippen MR) is 98.3 cm³/mol. The number of hydrogen-bond acceptors (Lipinski definition) is 4. The Kier molecular flexibility index (Phi) is 5.35. The van der Waals surface area contributed by atoms with Crippen LogP contribution in [0.1, 0.15) is 16.3 Å². The number of anilines is 2. The predicted octanol–water partition coefficient (Wildman–Crippen LogP) is 5.14. The van der Waals surface area contributed by atoms with E-state index in [1.165, 1.54) is 42.5 Å². The van der Waals surface area contributed by atoms with Gasteiger partial charge < -0.3 is 20.2 Å². The molecule has 0 saturated carbocycles. The lowest BCUT2D eigenvalue weighted by molar-refractivity contribution is 0.0992. The molecule has 0 atom stereocenters. The number of furan rings is 1. The minimum absolute atomic E-state index is 0.0896. The molecule has 0 aliphatic heterocycles. The van der Waals surface area contributed by atoms with Crippen molar-refractivity contribution in [3.05, 3.63) is 75.9 Å². The summed E-state index contributed by atoms with van der Waals surface area (Å²) in [5.41, 5.74) is 6.28. The van der Waals surface area contributed by atoms with E-state index in [2.05, 4.69) is 5.32 Å². The molecule has 0 unspecified atom stereocenters. The first-order valence-corrected chi connectivity index (χ1v) is 8.21. The summed E-state index contributed by atoms with van der Waals surface area (Å²) in [6.07, 6.45) is 0. The lowest BCUT2D eigenvalue weighted by Gasteiger charge is -2.07. The Hall–Kier alpha value is -2.70. The van der Waals surface area contributed by atoms with E-state index in [1.54, 1.807) is 6.07 Å². The molecule has 3 aromatic rings. The van der Waals surface area contributed by atoms with Gasteiger partial charge in [0.2, 0.25) is 0 Å². The Balaban J connectivity index is 1.63. The van der Waals surface area contributed by atoms with Gasteiger partial charge >= 0.3 is 0 Å². The van der Waals surface area contributed by atoms with Crippen molar-refractivity contribution in [3.8, 4) is 5.75 Å². The SMILES string of the molecule is Nc1c(Cl)cc(NC(=O)c2ccc(COc3ccc(F)cc3)o2)cc1Cl. The van der Waals surface area contributed by atoms with Gasteiger partial charge in [0.15, 0.2) is 5.76 Å². The number of nitrogen functional groups attached to an aromatic ring is 1. The van der Waals surface area contributed by atoms with Crippen LogP contribution in [-0.2, 0) is 6.61 Å². The fraction of sp³-hybridized carbons (Fsp3) is 0.0556. The molecule has 0 saturated heterocycles. The van der Waals surface area contributed by atoms with Crippen LogP contribution in [0.5, 0.6) is 5.75 Å². The maximum Gasteiger partial charge on any atom is 0.291 e. The molecule has 3 rings (SSSR count). The number of nitrogens with two attached hydrogens (primary N) is 1. The zero-order chi connectivity index (χ0) is 18.7. The fourth-order valence-electron chi connectivity index (χ4n) is 2.11. The van der Waals surface area contributed by atoms with Gasteiger partial charge in [-0.25, -0.2) is 4.39 Å². The number of hydrogen-bond donors (Lipinski definition) is 2. The van der Waals surface area contributed by atoms with Crippen molar-refractivity contribution in [3.63, 3.8) is 0 Å². The molecule has 5 nitrogen and oxygen atoms in total. The summed E-state index contributed by atoms with van der Waals surface area (Å²) in [5, 5.41) is 3.09. The average Bonchev–Trinajstić information content (AvgIpc) is 3.08. The maximum atomic E-state index is 12.9. The second-order valence-electron chi connectivity index (χ2n) is 5.32. The van der Waals surface area contributed by atoms with Crippen molar-refractivity contribution in [2.24, 2.45) is 0 Å². The molecule has 8 heteroatoms. The van der Waals surface area contributed by atoms with Crippen molar-refractivity contribution in [1.82, 2.24) is 0 Å². The van der Waals surface area contributed by atoms with Crippen LogP contribution >= 0.6 is 23.2 Å². The summed E-state index contributed by atoms with van der Waals surface area (Å²) in [6.45, 7) is 0.0957. The monoisotopic (exact) mass is 394 g/mol. The van der Waals surface area contributed by atoms with E-state index < -0.39 is 5.91 Å². The van der Waals surface area contributed by atoms with E-state index in [0.29, 0.717) is 17.2 Å². The zero-order valence-electron chi connectivity index (χ0n) is 13.3. The molecule has 1 aromatic heterocycles. The van der Waals surface area contributed by atoms with Crippen LogP contribution in [0.4, 0.5) is 15.8 Å². The molecule has 0 aliphatic rings. The van der Waals surface area contributed by atoms with Crippen LogP contribution in [-0.4, -0.2) is 5.91 Å². The quantitative estimate of drug-likeness (QED) is 0.587. The Labute approximate surface area is 158 Å². The minimum Gasteiger partial charge on any atom is -0.486 e. The third-order valence-electron chi connectivity index (χ3n) is 3.42. The van der Waals surface area contributed by atoms with E-state index in [-0.39, 0.29) is 33.9 Å². The number of carbonyl (C=O) groups excluding carboxylic acids is 1. The minimum atomic E-state index is -0.477. The number of nitrogens with one attached hydrogen (secondary N) is 1. The molecule has 134 valence electrons. The average molecular weight is 395 g/mol. The van der Waals surface area contributed by atoms with Gasteiger partial charge in [0.05, 0.1) is 15.7 Å². The lowest BCUT2D eigenvalue weighted by atomic mass is 10.2. The van der Waals surface area contributed by atoms with E-state index in [0.717, 1.165) is 0 Å². The van der Waals surface area contributed by atoms with Crippen molar-refractivity contribution < 1.29 is 18.3 Å². The highest BCUT2D eigenvalue weighted by molar-refractivity contribution is 6.39. The number of ether oxygens (including phenoxy) is 1. The molecular formula is C18H13Cl2FN2O3. The summed E-state index contributed by atoms with van der Waals surface area (Å²) in [7, 11) is 0. The number of halogens is 3. The topological polar surface area (TPSA) is 77.5 Å². The van der Waals surface area contributed by atoms with E-state index in [1.807, 2.05) is 0 Å². The number of rotatable bonds is 5. The first-order valence-electron chi connectivity index (χ1n) is 7.45. The molecule has 0 spiro atoms. The van der Waals surface area contributed by atoms with Gasteiger partial charge in [0.25, 0.3) is 5.91 Å². The summed E-state index contributed by atoms with van der Waals surface area (Å²) in [6, 6.07) is 11.7. The molecule has 2 aromatic carbocycles. The smallest absolute Gasteiger partial charge is 0.291 e. The van der Waals surface area contributed by atoms with Gasteiger partial charge in [-0.2, -0.15) is 0 Å². The second-order valence-corrected chi connectivity index (χ2v) is 6.13. The summed E-state index contributed by atoms with van der Waals surface area (Å²) in [5.74, 6) is 0.187. The number of benzene rings is 2. The molecule has 0 aliphatic carbocycles. The van der Waals surface area contributed by atoms with E-state index >= 15 is 0 Å². The standard InChI is InChI=1S/C18H13Cl2FN2O3/c19-14-7-11(8-15(20)17(14)22)23-18(24)16-6-5-13(26-16)9-25-12-3-1-10(21)2-4-12/h1-8H,9,22H2,(H,23,24). The number of amides is 1. The van der Waals surface area contributed by atoms with E-state index in [4.69, 9.17) is 38.1 Å². The highest BCUT2D eigenvalue weighted by Gasteiger charge is 2.14. The van der Waals surface area contributed by atoms with Crippen LogP contribution in [0.2, 0.25) is 10.0 Å². The van der Waals surface area contributed by atoms with Gasteiger partial charge in [-0.05, 0) is 48.5 Å². The third kappa shape index (κ3) is 4.28. The lowest BCUT2D eigenvalue weighted by Crippen LogP contribution is -2.11. The Morgan fingerprint density at radius 3 is 2.42 bits per heavy atom. The number of carbonyl (C=O) groups is 1. The molecule has 1 amide bonds. The van der Waals surface area contributed by atoms with Gasteiger partial charge in [-0.3, -0.25) is 4.79 Å². The molecular weight excluding hydrogens is 382 g/mol. The van der Waals surface area contributed by atoms with Crippen LogP contribution in [0.3, 0.4) is 0 Å². The molecule has 26 heavy (non-hydrogen) atoms. The first kappa shape index (κ1) is 18.1. The summed E-state index contributed by atoms with van der Waals surface area (Å²) < 4.78 is 23.8. The molecule has 0 radical (unpaired) electrons. The fourth-order valence-corrected chi connectivity index (χ4v) is 2.60. The highest BCUT2D eigenvalue weighted by Crippen LogP contribution is 2.31. The van der Waals surface area contributed by atoms with Crippen molar-refractivity contribution in [2.75, 3.05) is 11.1 Å². The molecule has 1 heterocycles. The van der Waals surface area contributed by atoms with Gasteiger partial charge in [0.1, 0.15) is 23.9 Å². The van der Waals surface area contributed by atoms with Crippen molar-refractivity contribution >= 4 is 40.5 Å². The molecule has 0 bridgehead atoms. The Bertz CT molecular complexity index is 919.